The number of carbonyl (C=O) groups is 2. The second-order valence-electron chi connectivity index (χ2n) is 7.52. The van der Waals surface area contributed by atoms with Gasteiger partial charge in [-0.3, -0.25) is 14.5 Å². The fourth-order valence-corrected chi connectivity index (χ4v) is 4.00. The number of fused-ring (bicyclic) bond motifs is 2. The highest BCUT2D eigenvalue weighted by Crippen LogP contribution is 2.37. The van der Waals surface area contributed by atoms with Crippen LogP contribution in [0.3, 0.4) is 0 Å². The summed E-state index contributed by atoms with van der Waals surface area (Å²) < 4.78 is 5.89. The number of ether oxygens (including phenoxy) is 1. The zero-order valence-electron chi connectivity index (χ0n) is 17.0. The highest BCUT2D eigenvalue weighted by molar-refractivity contribution is 6.11. The van der Waals surface area contributed by atoms with E-state index in [0.717, 1.165) is 18.8 Å². The lowest BCUT2D eigenvalue weighted by Crippen LogP contribution is -2.52. The van der Waals surface area contributed by atoms with E-state index in [1.807, 2.05) is 29.2 Å². The fourth-order valence-electron chi connectivity index (χ4n) is 4.00. The summed E-state index contributed by atoms with van der Waals surface area (Å²) in [5, 5.41) is 0. The molecule has 2 aromatic carbocycles. The van der Waals surface area contributed by atoms with Crippen molar-refractivity contribution in [2.75, 3.05) is 42.5 Å². The standard InChI is InChI=1S/C24H22N4O3/c29-22(27-15-13-26(14-16-27)18-7-2-1-3-8-18)17-28-20-10-6-12-25-23(20)31-21-11-5-4-9-19(21)24(28)30/h1-12H,13-17H2. The van der Waals surface area contributed by atoms with E-state index >= 15 is 0 Å². The van der Waals surface area contributed by atoms with Crippen LogP contribution in [0.1, 0.15) is 10.4 Å². The highest BCUT2D eigenvalue weighted by atomic mass is 16.5. The first-order valence-corrected chi connectivity index (χ1v) is 10.3. The van der Waals surface area contributed by atoms with Crippen molar-refractivity contribution in [2.24, 2.45) is 0 Å². The van der Waals surface area contributed by atoms with E-state index in [1.165, 1.54) is 4.90 Å². The Kier molecular flexibility index (Phi) is 5.00. The number of nitrogens with zero attached hydrogens (tertiary/aromatic N) is 4. The summed E-state index contributed by atoms with van der Waals surface area (Å²) in [6, 6.07) is 20.7. The van der Waals surface area contributed by atoms with Crippen LogP contribution in [-0.2, 0) is 4.79 Å². The van der Waals surface area contributed by atoms with E-state index < -0.39 is 0 Å². The van der Waals surface area contributed by atoms with Gasteiger partial charge in [-0.05, 0) is 36.4 Å². The molecule has 3 aromatic rings. The Morgan fingerprint density at radius 3 is 2.45 bits per heavy atom. The van der Waals surface area contributed by atoms with Crippen molar-refractivity contribution in [1.29, 1.82) is 0 Å². The van der Waals surface area contributed by atoms with Crippen molar-refractivity contribution < 1.29 is 14.3 Å². The van der Waals surface area contributed by atoms with Gasteiger partial charge in [0.25, 0.3) is 5.91 Å². The van der Waals surface area contributed by atoms with Gasteiger partial charge in [-0.25, -0.2) is 4.98 Å². The number of hydrogen-bond acceptors (Lipinski definition) is 5. The second kappa shape index (κ2) is 8.10. The topological polar surface area (TPSA) is 66.0 Å². The molecule has 31 heavy (non-hydrogen) atoms. The van der Waals surface area contributed by atoms with Crippen LogP contribution in [0, 0.1) is 0 Å². The maximum absolute atomic E-state index is 13.3. The number of benzene rings is 2. The van der Waals surface area contributed by atoms with E-state index in [0.29, 0.717) is 36.0 Å². The Bertz CT molecular complexity index is 1110. The number of pyridine rings is 1. The molecule has 0 saturated carbocycles. The van der Waals surface area contributed by atoms with Crippen LogP contribution in [0.15, 0.2) is 72.9 Å². The highest BCUT2D eigenvalue weighted by Gasteiger charge is 2.32. The van der Waals surface area contributed by atoms with Crippen LogP contribution in [-0.4, -0.2) is 54.4 Å². The van der Waals surface area contributed by atoms with Crippen LogP contribution >= 0.6 is 0 Å². The molecule has 2 amide bonds. The predicted octanol–water partition coefficient (Wildman–Crippen LogP) is 3.18. The number of amides is 2. The predicted molar refractivity (Wildman–Crippen MR) is 118 cm³/mol. The van der Waals surface area contributed by atoms with Crippen molar-refractivity contribution in [3.05, 3.63) is 78.5 Å². The molecular weight excluding hydrogens is 392 g/mol. The third kappa shape index (κ3) is 3.70. The second-order valence-corrected chi connectivity index (χ2v) is 7.52. The Hall–Kier alpha value is -3.87. The number of aromatic nitrogens is 1. The van der Waals surface area contributed by atoms with Crippen molar-refractivity contribution in [3.8, 4) is 11.6 Å². The van der Waals surface area contributed by atoms with Gasteiger partial charge in [0.05, 0.1) is 5.56 Å². The van der Waals surface area contributed by atoms with E-state index in [9.17, 15) is 9.59 Å². The molecule has 7 heteroatoms. The molecule has 1 aromatic heterocycles. The fraction of sp³-hybridized carbons (Fsp3) is 0.208. The van der Waals surface area contributed by atoms with Crippen LogP contribution in [0.2, 0.25) is 0 Å². The Morgan fingerprint density at radius 2 is 1.65 bits per heavy atom. The number of carbonyl (C=O) groups excluding carboxylic acids is 2. The normalized spacial score (nSPS) is 15.6. The summed E-state index contributed by atoms with van der Waals surface area (Å²) in [6.07, 6.45) is 1.61. The number of anilines is 2. The van der Waals surface area contributed by atoms with E-state index in [2.05, 4.69) is 22.0 Å². The van der Waals surface area contributed by atoms with Crippen molar-refractivity contribution >= 4 is 23.2 Å². The average molecular weight is 414 g/mol. The lowest BCUT2D eigenvalue weighted by atomic mass is 10.1. The maximum Gasteiger partial charge on any atom is 0.262 e. The smallest absolute Gasteiger partial charge is 0.262 e. The maximum atomic E-state index is 13.3. The summed E-state index contributed by atoms with van der Waals surface area (Å²) in [6.45, 7) is 2.69. The van der Waals surface area contributed by atoms with Crippen LogP contribution in [0.4, 0.5) is 11.4 Å². The summed E-state index contributed by atoms with van der Waals surface area (Å²) in [5.41, 5.74) is 2.08. The lowest BCUT2D eigenvalue weighted by molar-refractivity contribution is -0.129. The van der Waals surface area contributed by atoms with Gasteiger partial charge in [-0.15, -0.1) is 0 Å². The van der Waals surface area contributed by atoms with E-state index in [1.54, 1.807) is 36.5 Å². The third-order valence-electron chi connectivity index (χ3n) is 5.66. The number of hydrogen-bond donors (Lipinski definition) is 0. The summed E-state index contributed by atoms with van der Waals surface area (Å²) >= 11 is 0. The monoisotopic (exact) mass is 414 g/mol. The van der Waals surface area contributed by atoms with Gasteiger partial charge in [0, 0.05) is 38.1 Å². The molecule has 0 N–H and O–H groups in total. The Balaban J connectivity index is 1.34. The summed E-state index contributed by atoms with van der Waals surface area (Å²) in [4.78, 5) is 36.3. The molecule has 0 spiro atoms. The van der Waals surface area contributed by atoms with Gasteiger partial charge < -0.3 is 14.5 Å². The molecule has 0 radical (unpaired) electrons. The van der Waals surface area contributed by atoms with Crippen LogP contribution < -0.4 is 14.5 Å². The van der Waals surface area contributed by atoms with E-state index in [4.69, 9.17) is 4.74 Å². The van der Waals surface area contributed by atoms with Gasteiger partial charge in [0.2, 0.25) is 11.8 Å². The average Bonchev–Trinajstić information content (AvgIpc) is 2.94. The van der Waals surface area contributed by atoms with Gasteiger partial charge >= 0.3 is 0 Å². The van der Waals surface area contributed by atoms with Crippen molar-refractivity contribution in [1.82, 2.24) is 9.88 Å². The molecule has 0 bridgehead atoms. The third-order valence-corrected chi connectivity index (χ3v) is 5.66. The molecule has 0 aliphatic carbocycles. The number of para-hydroxylation sites is 2. The Morgan fingerprint density at radius 1 is 0.903 bits per heavy atom. The molecule has 3 heterocycles. The minimum atomic E-state index is -0.265. The molecule has 5 rings (SSSR count). The first kappa shape index (κ1) is 19.1. The minimum absolute atomic E-state index is 0.0550. The molecule has 1 saturated heterocycles. The van der Waals surface area contributed by atoms with Crippen molar-refractivity contribution in [3.63, 3.8) is 0 Å². The SMILES string of the molecule is O=C(CN1C(=O)c2ccccc2Oc2ncccc21)N1CCN(c2ccccc2)CC1. The minimum Gasteiger partial charge on any atom is -0.436 e. The molecule has 0 atom stereocenters. The van der Waals surface area contributed by atoms with Crippen LogP contribution in [0.25, 0.3) is 0 Å². The van der Waals surface area contributed by atoms with Gasteiger partial charge in [-0.2, -0.15) is 0 Å². The Labute approximate surface area is 180 Å². The van der Waals surface area contributed by atoms with Gasteiger partial charge in [0.1, 0.15) is 18.0 Å². The first-order valence-electron chi connectivity index (χ1n) is 10.3. The molecule has 156 valence electrons. The van der Waals surface area contributed by atoms with Gasteiger partial charge in [-0.1, -0.05) is 30.3 Å². The largest absolute Gasteiger partial charge is 0.436 e. The first-order chi connectivity index (χ1) is 15.2. The summed E-state index contributed by atoms with van der Waals surface area (Å²) in [7, 11) is 0. The number of piperazine rings is 1. The molecule has 2 aliphatic heterocycles. The van der Waals surface area contributed by atoms with E-state index in [-0.39, 0.29) is 18.4 Å². The molecule has 7 nitrogen and oxygen atoms in total. The quantitative estimate of drug-likeness (QED) is 0.659. The zero-order valence-corrected chi connectivity index (χ0v) is 17.0. The number of rotatable bonds is 3. The molecule has 1 fully saturated rings. The van der Waals surface area contributed by atoms with Crippen LogP contribution in [0.5, 0.6) is 11.6 Å². The molecule has 0 unspecified atom stereocenters. The van der Waals surface area contributed by atoms with Crippen molar-refractivity contribution in [2.45, 2.75) is 0 Å². The van der Waals surface area contributed by atoms with Gasteiger partial charge in [0.15, 0.2) is 0 Å². The zero-order chi connectivity index (χ0) is 21.2. The summed E-state index contributed by atoms with van der Waals surface area (Å²) in [5.74, 6) is 0.412. The lowest BCUT2D eigenvalue weighted by Gasteiger charge is -2.37. The molecule has 2 aliphatic rings. The molecular formula is C24H22N4O3.